The molecule has 0 saturated carbocycles. The Morgan fingerprint density at radius 2 is 2.05 bits per heavy atom. The normalized spacial score (nSPS) is 10.8. The molecule has 0 aliphatic rings. The second kappa shape index (κ2) is 7.47. The molecule has 0 spiro atoms. The molecule has 6 heteroatoms. The lowest BCUT2D eigenvalue weighted by Gasteiger charge is -2.13. The van der Waals surface area contributed by atoms with E-state index in [4.69, 9.17) is 14.7 Å². The van der Waals surface area contributed by atoms with Crippen LogP contribution in [0.15, 0.2) is 50.5 Å². The van der Waals surface area contributed by atoms with Gasteiger partial charge in [-0.3, -0.25) is 0 Å². The van der Waals surface area contributed by atoms with Gasteiger partial charge in [0.25, 0.3) is 0 Å². The maximum absolute atomic E-state index is 8.60. The van der Waals surface area contributed by atoms with E-state index >= 15 is 0 Å². The monoisotopic (exact) mass is 413 g/mol. The summed E-state index contributed by atoms with van der Waals surface area (Å²) < 4.78 is 12.9. The van der Waals surface area contributed by atoms with E-state index in [2.05, 4.69) is 37.0 Å². The van der Waals surface area contributed by atoms with Crippen molar-refractivity contribution in [3.63, 3.8) is 0 Å². The third kappa shape index (κ3) is 4.22. The minimum atomic E-state index is 0.418. The van der Waals surface area contributed by atoms with Crippen LogP contribution in [0.1, 0.15) is 11.1 Å². The summed E-state index contributed by atoms with van der Waals surface area (Å²) in [4.78, 5) is 0. The summed E-state index contributed by atoms with van der Waals surface area (Å²) in [6.07, 6.45) is 1.32. The van der Waals surface area contributed by atoms with Gasteiger partial charge in [0.2, 0.25) is 0 Å². The molecular weight excluding hydrogens is 402 g/mol. The molecule has 0 bridgehead atoms. The van der Waals surface area contributed by atoms with Crippen LogP contribution in [0.3, 0.4) is 0 Å². The molecule has 0 aromatic heterocycles. The molecular formula is C15H13Br2NO3. The number of benzene rings is 2. The van der Waals surface area contributed by atoms with Crippen LogP contribution in [0, 0.1) is 0 Å². The van der Waals surface area contributed by atoms with Crippen LogP contribution in [0.5, 0.6) is 11.5 Å². The zero-order chi connectivity index (χ0) is 15.2. The maximum atomic E-state index is 8.60. The Balaban J connectivity index is 2.23. The van der Waals surface area contributed by atoms with Crippen molar-refractivity contribution in [2.75, 3.05) is 7.11 Å². The van der Waals surface area contributed by atoms with Crippen molar-refractivity contribution in [2.24, 2.45) is 5.16 Å². The van der Waals surface area contributed by atoms with E-state index in [0.29, 0.717) is 23.7 Å². The molecule has 0 saturated heterocycles. The average Bonchev–Trinajstić information content (AvgIpc) is 2.46. The first-order valence-electron chi connectivity index (χ1n) is 6.06. The summed E-state index contributed by atoms with van der Waals surface area (Å²) in [5.74, 6) is 1.17. The molecule has 2 aromatic rings. The first-order chi connectivity index (χ1) is 10.1. The zero-order valence-corrected chi connectivity index (χ0v) is 14.4. The molecule has 4 nitrogen and oxygen atoms in total. The molecule has 1 N–H and O–H groups in total. The van der Waals surface area contributed by atoms with Gasteiger partial charge in [0, 0.05) is 10.0 Å². The van der Waals surface area contributed by atoms with Crippen LogP contribution in [0.2, 0.25) is 0 Å². The van der Waals surface area contributed by atoms with Gasteiger partial charge >= 0.3 is 0 Å². The zero-order valence-electron chi connectivity index (χ0n) is 11.2. The molecule has 2 aromatic carbocycles. The first kappa shape index (κ1) is 15.9. The lowest BCUT2D eigenvalue weighted by atomic mass is 10.2. The number of methoxy groups -OCH3 is 1. The van der Waals surface area contributed by atoms with Crippen molar-refractivity contribution in [1.82, 2.24) is 0 Å². The van der Waals surface area contributed by atoms with E-state index in [1.807, 2.05) is 24.3 Å². The Labute approximate surface area is 139 Å². The molecule has 0 unspecified atom stereocenters. The molecule has 0 fully saturated rings. The molecule has 0 atom stereocenters. The van der Waals surface area contributed by atoms with Crippen LogP contribution >= 0.6 is 31.9 Å². The van der Waals surface area contributed by atoms with Gasteiger partial charge in [-0.2, -0.15) is 0 Å². The highest BCUT2D eigenvalue weighted by Crippen LogP contribution is 2.36. The largest absolute Gasteiger partial charge is 0.493 e. The fourth-order valence-electron chi connectivity index (χ4n) is 1.80. The van der Waals surface area contributed by atoms with Crippen molar-refractivity contribution in [3.05, 3.63) is 56.5 Å². The highest BCUT2D eigenvalue weighted by atomic mass is 79.9. The fourth-order valence-corrected chi connectivity index (χ4v) is 2.82. The molecule has 0 radical (unpaired) electrons. The van der Waals surface area contributed by atoms with Crippen LogP contribution in [0.4, 0.5) is 0 Å². The molecule has 0 aliphatic carbocycles. The van der Waals surface area contributed by atoms with E-state index in [1.165, 1.54) is 6.21 Å². The first-order valence-corrected chi connectivity index (χ1v) is 7.65. The Kier molecular flexibility index (Phi) is 5.64. The number of ether oxygens (including phenoxy) is 2. The highest BCUT2D eigenvalue weighted by Gasteiger charge is 2.11. The predicted molar refractivity (Wildman–Crippen MR) is 88.5 cm³/mol. The summed E-state index contributed by atoms with van der Waals surface area (Å²) in [7, 11) is 1.56. The topological polar surface area (TPSA) is 51.0 Å². The standard InChI is InChI=1S/C15H13Br2NO3/c1-20-14-7-11(8-18-19)6-13(17)15(14)21-9-10-3-2-4-12(16)5-10/h2-8,19H,9H2,1H3/b18-8-. The number of halogens is 2. The lowest BCUT2D eigenvalue weighted by molar-refractivity contribution is 0.282. The minimum Gasteiger partial charge on any atom is -0.493 e. The van der Waals surface area contributed by atoms with Crippen LogP contribution in [-0.2, 0) is 6.61 Å². The van der Waals surface area contributed by atoms with Gasteiger partial charge in [0.05, 0.1) is 17.8 Å². The van der Waals surface area contributed by atoms with Gasteiger partial charge in [-0.15, -0.1) is 0 Å². The number of oxime groups is 1. The van der Waals surface area contributed by atoms with Gasteiger partial charge in [-0.25, -0.2) is 0 Å². The fraction of sp³-hybridized carbons (Fsp3) is 0.133. The third-order valence-electron chi connectivity index (χ3n) is 2.73. The smallest absolute Gasteiger partial charge is 0.175 e. The summed E-state index contributed by atoms with van der Waals surface area (Å²) in [5.41, 5.74) is 1.75. The van der Waals surface area contributed by atoms with E-state index in [0.717, 1.165) is 14.5 Å². The molecule has 21 heavy (non-hydrogen) atoms. The Hall–Kier alpha value is -1.53. The van der Waals surface area contributed by atoms with E-state index in [-0.39, 0.29) is 0 Å². The molecule has 0 amide bonds. The van der Waals surface area contributed by atoms with E-state index < -0.39 is 0 Å². The number of hydrogen-bond acceptors (Lipinski definition) is 4. The van der Waals surface area contributed by atoms with Crippen LogP contribution < -0.4 is 9.47 Å². The van der Waals surface area contributed by atoms with Crippen molar-refractivity contribution >= 4 is 38.1 Å². The van der Waals surface area contributed by atoms with E-state index in [1.54, 1.807) is 19.2 Å². The quantitative estimate of drug-likeness (QED) is 0.441. The van der Waals surface area contributed by atoms with Crippen molar-refractivity contribution in [2.45, 2.75) is 6.61 Å². The number of hydrogen-bond donors (Lipinski definition) is 1. The number of rotatable bonds is 5. The molecule has 0 heterocycles. The van der Waals surface area contributed by atoms with Crippen LogP contribution in [-0.4, -0.2) is 18.5 Å². The Morgan fingerprint density at radius 3 is 2.71 bits per heavy atom. The molecule has 110 valence electrons. The number of nitrogens with zero attached hydrogens (tertiary/aromatic N) is 1. The minimum absolute atomic E-state index is 0.418. The maximum Gasteiger partial charge on any atom is 0.175 e. The van der Waals surface area contributed by atoms with Gasteiger partial charge in [0.15, 0.2) is 11.5 Å². The summed E-state index contributed by atoms with van der Waals surface area (Å²) in [5, 5.41) is 11.6. The van der Waals surface area contributed by atoms with Gasteiger partial charge in [-0.1, -0.05) is 33.2 Å². The summed E-state index contributed by atoms with van der Waals surface area (Å²) in [6.45, 7) is 0.418. The summed E-state index contributed by atoms with van der Waals surface area (Å²) in [6, 6.07) is 11.4. The lowest BCUT2D eigenvalue weighted by Crippen LogP contribution is -1.99. The van der Waals surface area contributed by atoms with Gasteiger partial charge < -0.3 is 14.7 Å². The van der Waals surface area contributed by atoms with Crippen molar-refractivity contribution < 1.29 is 14.7 Å². The molecule has 2 rings (SSSR count). The van der Waals surface area contributed by atoms with Crippen molar-refractivity contribution in [1.29, 1.82) is 0 Å². The Bertz CT molecular complexity index is 659. The van der Waals surface area contributed by atoms with E-state index in [9.17, 15) is 0 Å². The average molecular weight is 415 g/mol. The van der Waals surface area contributed by atoms with Gasteiger partial charge in [0.1, 0.15) is 6.61 Å². The SMILES string of the molecule is COc1cc(/C=N\O)cc(Br)c1OCc1cccc(Br)c1. The van der Waals surface area contributed by atoms with Gasteiger partial charge in [-0.05, 0) is 45.8 Å². The highest BCUT2D eigenvalue weighted by molar-refractivity contribution is 9.10. The molecule has 0 aliphatic heterocycles. The summed E-state index contributed by atoms with van der Waals surface area (Å²) >= 11 is 6.87. The third-order valence-corrected chi connectivity index (χ3v) is 3.81. The Morgan fingerprint density at radius 1 is 1.24 bits per heavy atom. The van der Waals surface area contributed by atoms with Crippen LogP contribution in [0.25, 0.3) is 0 Å². The van der Waals surface area contributed by atoms with Crippen molar-refractivity contribution in [3.8, 4) is 11.5 Å². The predicted octanol–water partition coefficient (Wildman–Crippen LogP) is 4.61. The second-order valence-corrected chi connectivity index (χ2v) is 5.97. The second-order valence-electron chi connectivity index (χ2n) is 4.20.